The average molecular weight is 218 g/mol. The first kappa shape index (κ1) is 11.1. The Hall–Kier alpha value is -1.35. The van der Waals surface area contributed by atoms with Gasteiger partial charge in [0.25, 0.3) is 0 Å². The van der Waals surface area contributed by atoms with Crippen LogP contribution >= 0.6 is 0 Å². The Morgan fingerprint density at radius 3 is 2.75 bits per heavy atom. The summed E-state index contributed by atoms with van der Waals surface area (Å²) in [5.41, 5.74) is 11.5. The molecule has 16 heavy (non-hydrogen) atoms. The number of anilines is 1. The number of carbonyl (C=O) groups is 1. The number of hydrogen-bond donors (Lipinski definition) is 2. The normalized spacial score (nSPS) is 18.5. The van der Waals surface area contributed by atoms with Gasteiger partial charge in [0.2, 0.25) is 5.91 Å². The molecular formula is C13H18N2O. The van der Waals surface area contributed by atoms with Crippen LogP contribution in [0.15, 0.2) is 6.07 Å². The standard InChI is InChI=1S/C13H18N2O/c1-7-6-11-9(3)13(16)15-12(11)10(4-5-14)8(7)2/h6,9H,4-5,14H2,1-3H3,(H,15,16). The monoisotopic (exact) mass is 218 g/mol. The molecule has 3 nitrogen and oxygen atoms in total. The lowest BCUT2D eigenvalue weighted by atomic mass is 9.92. The van der Waals surface area contributed by atoms with Gasteiger partial charge in [-0.2, -0.15) is 0 Å². The number of nitrogens with one attached hydrogen (secondary N) is 1. The van der Waals surface area contributed by atoms with Crippen molar-refractivity contribution in [2.45, 2.75) is 33.1 Å². The van der Waals surface area contributed by atoms with Gasteiger partial charge in [0.05, 0.1) is 5.92 Å². The number of amides is 1. The van der Waals surface area contributed by atoms with Crippen molar-refractivity contribution in [2.24, 2.45) is 5.73 Å². The summed E-state index contributed by atoms with van der Waals surface area (Å²) in [7, 11) is 0. The molecule has 1 aromatic carbocycles. The van der Waals surface area contributed by atoms with Crippen LogP contribution in [0.3, 0.4) is 0 Å². The zero-order valence-electron chi connectivity index (χ0n) is 10.1. The van der Waals surface area contributed by atoms with E-state index in [4.69, 9.17) is 5.73 Å². The molecule has 0 spiro atoms. The molecule has 0 bridgehead atoms. The average Bonchev–Trinajstić information content (AvgIpc) is 2.52. The highest BCUT2D eigenvalue weighted by atomic mass is 16.2. The van der Waals surface area contributed by atoms with E-state index in [-0.39, 0.29) is 11.8 Å². The van der Waals surface area contributed by atoms with Crippen LogP contribution in [0, 0.1) is 13.8 Å². The quantitative estimate of drug-likeness (QED) is 0.796. The molecule has 0 aromatic heterocycles. The lowest BCUT2D eigenvalue weighted by Crippen LogP contribution is -2.10. The first-order chi connectivity index (χ1) is 7.56. The van der Waals surface area contributed by atoms with E-state index >= 15 is 0 Å². The van der Waals surface area contributed by atoms with Gasteiger partial charge in [0.15, 0.2) is 0 Å². The van der Waals surface area contributed by atoms with E-state index in [2.05, 4.69) is 25.2 Å². The maximum atomic E-state index is 11.7. The van der Waals surface area contributed by atoms with E-state index in [9.17, 15) is 4.79 Å². The van der Waals surface area contributed by atoms with Gasteiger partial charge in [-0.3, -0.25) is 4.79 Å². The number of rotatable bonds is 2. The van der Waals surface area contributed by atoms with Crippen LogP contribution in [0.1, 0.15) is 35.1 Å². The van der Waals surface area contributed by atoms with Crippen molar-refractivity contribution in [3.8, 4) is 0 Å². The molecule has 0 radical (unpaired) electrons. The van der Waals surface area contributed by atoms with Gasteiger partial charge in [-0.15, -0.1) is 0 Å². The minimum Gasteiger partial charge on any atom is -0.330 e. The van der Waals surface area contributed by atoms with Crippen molar-refractivity contribution in [1.29, 1.82) is 0 Å². The third-order valence-electron chi connectivity index (χ3n) is 3.51. The molecule has 2 rings (SSSR count). The maximum absolute atomic E-state index is 11.7. The van der Waals surface area contributed by atoms with Gasteiger partial charge in [0.1, 0.15) is 0 Å². The fraction of sp³-hybridized carbons (Fsp3) is 0.462. The summed E-state index contributed by atoms with van der Waals surface area (Å²) in [6.07, 6.45) is 0.822. The molecule has 0 saturated carbocycles. The second-order valence-corrected chi connectivity index (χ2v) is 4.51. The molecule has 1 aromatic rings. The van der Waals surface area contributed by atoms with Crippen molar-refractivity contribution in [3.05, 3.63) is 28.3 Å². The van der Waals surface area contributed by atoms with Crippen molar-refractivity contribution < 1.29 is 4.79 Å². The lowest BCUT2D eigenvalue weighted by Gasteiger charge is -2.14. The second kappa shape index (κ2) is 3.91. The predicted octanol–water partition coefficient (Wildman–Crippen LogP) is 1.86. The summed E-state index contributed by atoms with van der Waals surface area (Å²) in [4.78, 5) is 11.7. The number of benzene rings is 1. The summed E-state index contributed by atoms with van der Waals surface area (Å²) in [6.45, 7) is 6.74. The first-order valence-corrected chi connectivity index (χ1v) is 5.70. The number of fused-ring (bicyclic) bond motifs is 1. The van der Waals surface area contributed by atoms with Crippen LogP contribution in [-0.4, -0.2) is 12.5 Å². The highest BCUT2D eigenvalue weighted by Gasteiger charge is 2.29. The van der Waals surface area contributed by atoms with Gasteiger partial charge < -0.3 is 11.1 Å². The SMILES string of the molecule is Cc1cc2c(c(CCN)c1C)NC(=O)C2C. The van der Waals surface area contributed by atoms with Crippen molar-refractivity contribution >= 4 is 11.6 Å². The third kappa shape index (κ3) is 1.52. The Bertz CT molecular complexity index is 452. The second-order valence-electron chi connectivity index (χ2n) is 4.51. The molecule has 3 N–H and O–H groups in total. The molecule has 0 saturated heterocycles. The van der Waals surface area contributed by atoms with Crippen LogP contribution < -0.4 is 11.1 Å². The third-order valence-corrected chi connectivity index (χ3v) is 3.51. The Labute approximate surface area is 96.0 Å². The Morgan fingerprint density at radius 2 is 2.12 bits per heavy atom. The molecule has 0 fully saturated rings. The number of aryl methyl sites for hydroxylation is 1. The van der Waals surface area contributed by atoms with Crippen molar-refractivity contribution in [1.82, 2.24) is 0 Å². The molecule has 1 heterocycles. The summed E-state index contributed by atoms with van der Waals surface area (Å²) in [5.74, 6) is 0.0593. The highest BCUT2D eigenvalue weighted by molar-refractivity contribution is 6.03. The van der Waals surface area contributed by atoms with Gasteiger partial charge in [-0.1, -0.05) is 6.07 Å². The fourth-order valence-corrected chi connectivity index (χ4v) is 2.33. The van der Waals surface area contributed by atoms with Crippen LogP contribution in [0.2, 0.25) is 0 Å². The minimum absolute atomic E-state index is 0.0363. The van der Waals surface area contributed by atoms with Crippen LogP contribution in [-0.2, 0) is 11.2 Å². The highest BCUT2D eigenvalue weighted by Crippen LogP contribution is 2.38. The molecule has 1 amide bonds. The summed E-state index contributed by atoms with van der Waals surface area (Å²) in [6, 6.07) is 2.12. The fourth-order valence-electron chi connectivity index (χ4n) is 2.33. The van der Waals surface area contributed by atoms with Crippen molar-refractivity contribution in [2.75, 3.05) is 11.9 Å². The topological polar surface area (TPSA) is 55.1 Å². The summed E-state index contributed by atoms with van der Waals surface area (Å²) >= 11 is 0. The van der Waals surface area contributed by atoms with Crippen molar-refractivity contribution in [3.63, 3.8) is 0 Å². The van der Waals surface area contributed by atoms with E-state index in [1.807, 2.05) is 6.92 Å². The Kier molecular flexibility index (Phi) is 2.72. The van der Waals surface area contributed by atoms with E-state index in [1.54, 1.807) is 0 Å². The molecule has 3 heteroatoms. The number of carbonyl (C=O) groups excluding carboxylic acids is 1. The van der Waals surface area contributed by atoms with Gasteiger partial charge in [0, 0.05) is 5.69 Å². The van der Waals surface area contributed by atoms with Gasteiger partial charge in [-0.25, -0.2) is 0 Å². The Morgan fingerprint density at radius 1 is 1.44 bits per heavy atom. The summed E-state index contributed by atoms with van der Waals surface area (Å²) in [5, 5.41) is 2.97. The zero-order valence-corrected chi connectivity index (χ0v) is 10.1. The van der Waals surface area contributed by atoms with Crippen LogP contribution in [0.5, 0.6) is 0 Å². The number of hydrogen-bond acceptors (Lipinski definition) is 2. The molecule has 1 aliphatic heterocycles. The zero-order chi connectivity index (χ0) is 11.9. The molecule has 1 atom stereocenters. The molecule has 1 unspecified atom stereocenters. The first-order valence-electron chi connectivity index (χ1n) is 5.70. The molecule has 1 aliphatic rings. The van der Waals surface area contributed by atoms with Gasteiger partial charge >= 0.3 is 0 Å². The van der Waals surface area contributed by atoms with Crippen LogP contribution in [0.4, 0.5) is 5.69 Å². The molecule has 86 valence electrons. The lowest BCUT2D eigenvalue weighted by molar-refractivity contribution is -0.116. The molecular weight excluding hydrogens is 200 g/mol. The largest absolute Gasteiger partial charge is 0.330 e. The van der Waals surface area contributed by atoms with Crippen LogP contribution in [0.25, 0.3) is 0 Å². The smallest absolute Gasteiger partial charge is 0.231 e. The van der Waals surface area contributed by atoms with E-state index < -0.39 is 0 Å². The minimum atomic E-state index is -0.0363. The molecule has 0 aliphatic carbocycles. The predicted molar refractivity (Wildman–Crippen MR) is 65.7 cm³/mol. The number of nitrogens with two attached hydrogens (primary N) is 1. The van der Waals surface area contributed by atoms with E-state index in [0.29, 0.717) is 6.54 Å². The maximum Gasteiger partial charge on any atom is 0.231 e. The van der Waals surface area contributed by atoms with E-state index in [1.165, 1.54) is 16.7 Å². The summed E-state index contributed by atoms with van der Waals surface area (Å²) < 4.78 is 0. The van der Waals surface area contributed by atoms with Gasteiger partial charge in [-0.05, 0) is 56.0 Å². The van der Waals surface area contributed by atoms with E-state index in [0.717, 1.165) is 17.7 Å². The Balaban J connectivity index is 2.61.